The maximum atomic E-state index is 11.4. The number of para-hydroxylation sites is 1. The number of aliphatic carboxylic acids is 1. The van der Waals surface area contributed by atoms with Gasteiger partial charge in [0.1, 0.15) is 0 Å². The molecule has 0 atom stereocenters. The van der Waals surface area contributed by atoms with Crippen molar-refractivity contribution in [1.29, 1.82) is 0 Å². The molecule has 0 radical (unpaired) electrons. The first-order chi connectivity index (χ1) is 8.21. The molecular formula is C14H17NO2. The largest absolute Gasteiger partial charge is 0.481 e. The number of hydrogen-bond acceptors (Lipinski definition) is 2. The highest BCUT2D eigenvalue weighted by atomic mass is 16.4. The second-order valence-corrected chi connectivity index (χ2v) is 5.24. The Morgan fingerprint density at radius 2 is 2.12 bits per heavy atom. The van der Waals surface area contributed by atoms with Gasteiger partial charge in [0.25, 0.3) is 0 Å². The number of rotatable bonds is 3. The van der Waals surface area contributed by atoms with Crippen LogP contribution in [0.5, 0.6) is 0 Å². The van der Waals surface area contributed by atoms with Crippen LogP contribution >= 0.6 is 0 Å². The fourth-order valence-corrected chi connectivity index (χ4v) is 2.98. The predicted octanol–water partition coefficient (Wildman–Crippen LogP) is 2.30. The summed E-state index contributed by atoms with van der Waals surface area (Å²) in [5.74, 6) is -0.617. The zero-order chi connectivity index (χ0) is 11.9. The van der Waals surface area contributed by atoms with Crippen LogP contribution in [0.4, 0.5) is 5.69 Å². The van der Waals surface area contributed by atoms with Gasteiger partial charge in [-0.05, 0) is 30.9 Å². The molecule has 0 unspecified atom stereocenters. The molecule has 1 fully saturated rings. The summed E-state index contributed by atoms with van der Waals surface area (Å²) in [6, 6.07) is 8.34. The van der Waals surface area contributed by atoms with Crippen LogP contribution in [0.15, 0.2) is 24.3 Å². The Bertz CT molecular complexity index is 451. The number of hydrogen-bond donors (Lipinski definition) is 1. The van der Waals surface area contributed by atoms with Gasteiger partial charge in [-0.1, -0.05) is 24.6 Å². The summed E-state index contributed by atoms with van der Waals surface area (Å²) < 4.78 is 0. The quantitative estimate of drug-likeness (QED) is 0.867. The SMILES string of the molecule is O=C(O)C1(CN2CCc3ccccc32)CCC1. The molecule has 1 aliphatic heterocycles. The van der Waals surface area contributed by atoms with Gasteiger partial charge in [-0.2, -0.15) is 0 Å². The second kappa shape index (κ2) is 3.76. The van der Waals surface area contributed by atoms with Gasteiger partial charge in [-0.25, -0.2) is 0 Å². The summed E-state index contributed by atoms with van der Waals surface area (Å²) in [5, 5.41) is 9.37. The van der Waals surface area contributed by atoms with E-state index in [4.69, 9.17) is 0 Å². The van der Waals surface area contributed by atoms with Crippen molar-refractivity contribution in [2.75, 3.05) is 18.0 Å². The van der Waals surface area contributed by atoms with E-state index in [1.807, 2.05) is 6.07 Å². The van der Waals surface area contributed by atoms with Crippen LogP contribution in [-0.2, 0) is 11.2 Å². The van der Waals surface area contributed by atoms with Crippen molar-refractivity contribution in [3.63, 3.8) is 0 Å². The van der Waals surface area contributed by atoms with E-state index < -0.39 is 11.4 Å². The Morgan fingerprint density at radius 3 is 2.76 bits per heavy atom. The first-order valence-electron chi connectivity index (χ1n) is 6.28. The van der Waals surface area contributed by atoms with Crippen LogP contribution < -0.4 is 4.90 Å². The molecule has 0 saturated heterocycles. The first kappa shape index (κ1) is 10.6. The molecule has 0 amide bonds. The predicted molar refractivity (Wildman–Crippen MR) is 66.3 cm³/mol. The Kier molecular flexibility index (Phi) is 2.35. The summed E-state index contributed by atoms with van der Waals surface area (Å²) in [7, 11) is 0. The lowest BCUT2D eigenvalue weighted by Crippen LogP contribution is -2.47. The van der Waals surface area contributed by atoms with Crippen molar-refractivity contribution in [1.82, 2.24) is 0 Å². The van der Waals surface area contributed by atoms with Crippen LogP contribution in [0.25, 0.3) is 0 Å². The molecular weight excluding hydrogens is 214 g/mol. The fourth-order valence-electron chi connectivity index (χ4n) is 2.98. The minimum atomic E-state index is -0.617. The van der Waals surface area contributed by atoms with Crippen molar-refractivity contribution < 1.29 is 9.90 Å². The molecule has 3 nitrogen and oxygen atoms in total. The average Bonchev–Trinajstić information content (AvgIpc) is 2.66. The van der Waals surface area contributed by atoms with E-state index in [9.17, 15) is 9.90 Å². The molecule has 1 saturated carbocycles. The molecule has 0 spiro atoms. The number of carboxylic acids is 1. The molecule has 0 aromatic heterocycles. The second-order valence-electron chi connectivity index (χ2n) is 5.24. The van der Waals surface area contributed by atoms with Crippen molar-refractivity contribution >= 4 is 11.7 Å². The molecule has 2 aliphatic rings. The lowest BCUT2D eigenvalue weighted by atomic mass is 9.68. The van der Waals surface area contributed by atoms with Gasteiger partial charge in [0.2, 0.25) is 0 Å². The zero-order valence-electron chi connectivity index (χ0n) is 9.85. The molecule has 1 heterocycles. The number of carbonyl (C=O) groups is 1. The summed E-state index contributed by atoms with van der Waals surface area (Å²) >= 11 is 0. The van der Waals surface area contributed by atoms with Gasteiger partial charge < -0.3 is 10.0 Å². The minimum absolute atomic E-state index is 0.475. The third-order valence-corrected chi connectivity index (χ3v) is 4.24. The maximum absolute atomic E-state index is 11.4. The van der Waals surface area contributed by atoms with Crippen LogP contribution in [0.2, 0.25) is 0 Å². The van der Waals surface area contributed by atoms with Gasteiger partial charge in [0.05, 0.1) is 5.41 Å². The fraction of sp³-hybridized carbons (Fsp3) is 0.500. The minimum Gasteiger partial charge on any atom is -0.481 e. The van der Waals surface area contributed by atoms with Crippen molar-refractivity contribution in [3.8, 4) is 0 Å². The van der Waals surface area contributed by atoms with Gasteiger partial charge in [-0.15, -0.1) is 0 Å². The lowest BCUT2D eigenvalue weighted by Gasteiger charge is -2.41. The number of benzene rings is 1. The first-order valence-corrected chi connectivity index (χ1v) is 6.28. The highest BCUT2D eigenvalue weighted by molar-refractivity contribution is 5.77. The molecule has 17 heavy (non-hydrogen) atoms. The van der Waals surface area contributed by atoms with Gasteiger partial charge in [-0.3, -0.25) is 4.79 Å². The van der Waals surface area contributed by atoms with Gasteiger partial charge in [0.15, 0.2) is 0 Å². The highest BCUT2D eigenvalue weighted by Gasteiger charge is 2.46. The van der Waals surface area contributed by atoms with Crippen molar-refractivity contribution in [2.24, 2.45) is 5.41 Å². The summed E-state index contributed by atoms with van der Waals surface area (Å²) in [4.78, 5) is 13.6. The molecule has 1 aliphatic carbocycles. The van der Waals surface area contributed by atoms with E-state index in [1.54, 1.807) is 0 Å². The average molecular weight is 231 g/mol. The topological polar surface area (TPSA) is 40.5 Å². The molecule has 1 aromatic carbocycles. The van der Waals surface area contributed by atoms with Gasteiger partial charge >= 0.3 is 5.97 Å². The van der Waals surface area contributed by atoms with E-state index in [0.717, 1.165) is 32.2 Å². The summed E-state index contributed by atoms with van der Waals surface area (Å²) in [6.07, 6.45) is 3.77. The Labute approximate surface area is 101 Å². The van der Waals surface area contributed by atoms with E-state index in [1.165, 1.54) is 11.3 Å². The summed E-state index contributed by atoms with van der Waals surface area (Å²) in [5.41, 5.74) is 2.12. The smallest absolute Gasteiger partial charge is 0.311 e. The standard InChI is InChI=1S/C14H17NO2/c16-13(17)14(7-3-8-14)10-15-9-6-11-4-1-2-5-12(11)15/h1-2,4-5H,3,6-10H2,(H,16,17). The Morgan fingerprint density at radius 1 is 1.35 bits per heavy atom. The number of carboxylic acid groups (broad SMARTS) is 1. The van der Waals surface area contributed by atoms with Crippen LogP contribution in [0.3, 0.4) is 0 Å². The van der Waals surface area contributed by atoms with E-state index >= 15 is 0 Å². The van der Waals surface area contributed by atoms with Crippen LogP contribution in [0.1, 0.15) is 24.8 Å². The van der Waals surface area contributed by atoms with E-state index in [0.29, 0.717) is 6.54 Å². The van der Waals surface area contributed by atoms with Crippen LogP contribution in [-0.4, -0.2) is 24.2 Å². The van der Waals surface area contributed by atoms with Crippen LogP contribution in [0, 0.1) is 5.41 Å². The number of anilines is 1. The molecule has 0 bridgehead atoms. The van der Waals surface area contributed by atoms with Crippen molar-refractivity contribution in [2.45, 2.75) is 25.7 Å². The van der Waals surface area contributed by atoms with Gasteiger partial charge in [0, 0.05) is 18.8 Å². The van der Waals surface area contributed by atoms with E-state index in [2.05, 4.69) is 23.1 Å². The third-order valence-electron chi connectivity index (χ3n) is 4.24. The monoisotopic (exact) mass is 231 g/mol. The molecule has 1 aromatic rings. The molecule has 3 heteroatoms. The number of nitrogens with zero attached hydrogens (tertiary/aromatic N) is 1. The maximum Gasteiger partial charge on any atom is 0.311 e. The Balaban J connectivity index is 1.81. The van der Waals surface area contributed by atoms with Crippen molar-refractivity contribution in [3.05, 3.63) is 29.8 Å². The summed E-state index contributed by atoms with van der Waals surface area (Å²) in [6.45, 7) is 1.65. The molecule has 3 rings (SSSR count). The molecule has 1 N–H and O–H groups in total. The highest BCUT2D eigenvalue weighted by Crippen LogP contribution is 2.43. The Hall–Kier alpha value is -1.51. The molecule has 90 valence electrons. The van der Waals surface area contributed by atoms with E-state index in [-0.39, 0.29) is 0 Å². The lowest BCUT2D eigenvalue weighted by molar-refractivity contribution is -0.153. The zero-order valence-corrected chi connectivity index (χ0v) is 9.85. The number of fused-ring (bicyclic) bond motifs is 1. The third kappa shape index (κ3) is 1.61. The normalized spacial score (nSPS) is 20.8.